The molecule has 2 N–H and O–H groups in total. The summed E-state index contributed by atoms with van der Waals surface area (Å²) >= 11 is 0. The molecule has 1 aromatic carbocycles. The number of carbonyl (C=O) groups excluding carboxylic acids is 1. The fourth-order valence-electron chi connectivity index (χ4n) is 2.35. The van der Waals surface area contributed by atoms with Crippen LogP contribution in [-0.4, -0.2) is 21.6 Å². The maximum Gasteiger partial charge on any atom is 0.319 e. The van der Waals surface area contributed by atoms with Crippen LogP contribution in [0, 0.1) is 5.41 Å². The number of aryl methyl sites for hydroxylation is 1. The second kappa shape index (κ2) is 3.85. The zero-order valence-corrected chi connectivity index (χ0v) is 10.5. The number of anilines is 1. The van der Waals surface area contributed by atoms with Crippen LogP contribution in [0.2, 0.25) is 0 Å². The minimum atomic E-state index is -1.21. The highest BCUT2D eigenvalue weighted by atomic mass is 16.4. The predicted molar refractivity (Wildman–Crippen MR) is 70.9 cm³/mol. The number of benzene rings is 1. The van der Waals surface area contributed by atoms with E-state index in [1.807, 2.05) is 35.9 Å². The SMILES string of the molecule is Cn1cc(NC(=O)C2(C(=O)O)CC2)c2ccccc21. The molecule has 1 heterocycles. The van der Waals surface area contributed by atoms with Gasteiger partial charge in [-0.1, -0.05) is 18.2 Å². The second-order valence-electron chi connectivity index (χ2n) is 5.01. The lowest BCUT2D eigenvalue weighted by Gasteiger charge is -2.09. The fourth-order valence-corrected chi connectivity index (χ4v) is 2.35. The first-order valence-electron chi connectivity index (χ1n) is 6.13. The molecular formula is C14H14N2O3. The van der Waals surface area contributed by atoms with E-state index >= 15 is 0 Å². The molecule has 1 aromatic heterocycles. The number of aromatic nitrogens is 1. The fraction of sp³-hybridized carbons (Fsp3) is 0.286. The highest BCUT2D eigenvalue weighted by molar-refractivity contribution is 6.13. The van der Waals surface area contributed by atoms with Crippen molar-refractivity contribution in [3.05, 3.63) is 30.5 Å². The van der Waals surface area contributed by atoms with Crippen LogP contribution < -0.4 is 5.32 Å². The Labute approximate surface area is 109 Å². The summed E-state index contributed by atoms with van der Waals surface area (Å²) in [6.07, 6.45) is 2.64. The number of amides is 1. The van der Waals surface area contributed by atoms with E-state index in [0.29, 0.717) is 18.5 Å². The molecule has 2 aromatic rings. The quantitative estimate of drug-likeness (QED) is 0.827. The number of nitrogens with zero attached hydrogens (tertiary/aromatic N) is 1. The van der Waals surface area contributed by atoms with Crippen molar-refractivity contribution in [3.8, 4) is 0 Å². The Balaban J connectivity index is 1.94. The van der Waals surface area contributed by atoms with E-state index in [1.165, 1.54) is 0 Å². The summed E-state index contributed by atoms with van der Waals surface area (Å²) in [5.74, 6) is -1.46. The van der Waals surface area contributed by atoms with Gasteiger partial charge in [0, 0.05) is 24.1 Å². The Morgan fingerprint density at radius 3 is 2.63 bits per heavy atom. The number of rotatable bonds is 3. The molecule has 0 unspecified atom stereocenters. The van der Waals surface area contributed by atoms with Gasteiger partial charge in [0.1, 0.15) is 5.41 Å². The lowest BCUT2D eigenvalue weighted by atomic mass is 10.1. The molecule has 98 valence electrons. The third kappa shape index (κ3) is 1.69. The van der Waals surface area contributed by atoms with Gasteiger partial charge in [-0.2, -0.15) is 0 Å². The van der Waals surface area contributed by atoms with Crippen LogP contribution in [0.25, 0.3) is 10.9 Å². The number of aliphatic carboxylic acids is 1. The van der Waals surface area contributed by atoms with E-state index in [0.717, 1.165) is 10.9 Å². The monoisotopic (exact) mass is 258 g/mol. The van der Waals surface area contributed by atoms with E-state index in [9.17, 15) is 9.59 Å². The third-order valence-corrected chi connectivity index (χ3v) is 3.74. The minimum absolute atomic E-state index is 0.416. The molecular weight excluding hydrogens is 244 g/mol. The number of hydrogen-bond acceptors (Lipinski definition) is 2. The second-order valence-corrected chi connectivity index (χ2v) is 5.01. The molecule has 1 fully saturated rings. The van der Waals surface area contributed by atoms with Crippen LogP contribution in [0.3, 0.4) is 0 Å². The van der Waals surface area contributed by atoms with Gasteiger partial charge in [0.2, 0.25) is 5.91 Å². The molecule has 1 amide bonds. The Kier molecular flexibility index (Phi) is 2.38. The Morgan fingerprint density at radius 1 is 1.32 bits per heavy atom. The van der Waals surface area contributed by atoms with Crippen molar-refractivity contribution in [2.45, 2.75) is 12.8 Å². The number of nitrogens with one attached hydrogen (secondary N) is 1. The van der Waals surface area contributed by atoms with Crippen LogP contribution in [0.1, 0.15) is 12.8 Å². The van der Waals surface area contributed by atoms with E-state index in [2.05, 4.69) is 5.32 Å². The van der Waals surface area contributed by atoms with Crippen LogP contribution in [0.4, 0.5) is 5.69 Å². The molecule has 0 saturated heterocycles. The average Bonchev–Trinajstić information content (AvgIpc) is 3.14. The lowest BCUT2D eigenvalue weighted by molar-refractivity contribution is -0.147. The number of fused-ring (bicyclic) bond motifs is 1. The molecule has 19 heavy (non-hydrogen) atoms. The maximum absolute atomic E-state index is 12.1. The molecule has 0 aliphatic heterocycles. The van der Waals surface area contributed by atoms with Crippen molar-refractivity contribution >= 4 is 28.5 Å². The number of hydrogen-bond donors (Lipinski definition) is 2. The zero-order valence-electron chi connectivity index (χ0n) is 10.5. The number of carboxylic acids is 1. The summed E-state index contributed by atoms with van der Waals surface area (Å²) in [4.78, 5) is 23.2. The number of carbonyl (C=O) groups is 2. The van der Waals surface area contributed by atoms with E-state index < -0.39 is 17.3 Å². The van der Waals surface area contributed by atoms with E-state index in [1.54, 1.807) is 6.20 Å². The van der Waals surface area contributed by atoms with Crippen molar-refractivity contribution in [2.24, 2.45) is 12.5 Å². The third-order valence-electron chi connectivity index (χ3n) is 3.74. The average molecular weight is 258 g/mol. The van der Waals surface area contributed by atoms with Crippen molar-refractivity contribution < 1.29 is 14.7 Å². The molecule has 0 atom stereocenters. The molecule has 3 rings (SSSR count). The molecule has 1 aliphatic rings. The van der Waals surface area contributed by atoms with Crippen molar-refractivity contribution in [1.82, 2.24) is 4.57 Å². The van der Waals surface area contributed by atoms with Crippen LogP contribution in [0.5, 0.6) is 0 Å². The maximum atomic E-state index is 12.1. The largest absolute Gasteiger partial charge is 0.480 e. The van der Waals surface area contributed by atoms with Crippen molar-refractivity contribution in [2.75, 3.05) is 5.32 Å². The Morgan fingerprint density at radius 2 is 2.00 bits per heavy atom. The van der Waals surface area contributed by atoms with E-state index in [-0.39, 0.29) is 0 Å². The van der Waals surface area contributed by atoms with Gasteiger partial charge in [0.05, 0.1) is 5.69 Å². The van der Waals surface area contributed by atoms with Crippen LogP contribution in [-0.2, 0) is 16.6 Å². The highest BCUT2D eigenvalue weighted by Crippen LogP contribution is 2.47. The molecule has 1 aliphatic carbocycles. The molecule has 1 saturated carbocycles. The minimum Gasteiger partial charge on any atom is -0.480 e. The molecule has 0 bridgehead atoms. The normalized spacial score (nSPS) is 16.3. The van der Waals surface area contributed by atoms with Crippen molar-refractivity contribution in [3.63, 3.8) is 0 Å². The first kappa shape index (κ1) is 11.8. The zero-order chi connectivity index (χ0) is 13.6. The number of carboxylic acid groups (broad SMARTS) is 1. The van der Waals surface area contributed by atoms with Crippen LogP contribution in [0.15, 0.2) is 30.5 Å². The molecule has 0 radical (unpaired) electrons. The lowest BCUT2D eigenvalue weighted by Crippen LogP contribution is -2.31. The summed E-state index contributed by atoms with van der Waals surface area (Å²) < 4.78 is 1.91. The van der Waals surface area contributed by atoms with Gasteiger partial charge in [-0.25, -0.2) is 0 Å². The summed E-state index contributed by atoms with van der Waals surface area (Å²) in [6.45, 7) is 0. The summed E-state index contributed by atoms with van der Waals surface area (Å²) in [6, 6.07) is 7.68. The summed E-state index contributed by atoms with van der Waals surface area (Å²) in [7, 11) is 1.89. The van der Waals surface area contributed by atoms with Gasteiger partial charge in [0.15, 0.2) is 0 Å². The molecule has 0 spiro atoms. The van der Waals surface area contributed by atoms with Gasteiger partial charge >= 0.3 is 5.97 Å². The van der Waals surface area contributed by atoms with Gasteiger partial charge in [-0.15, -0.1) is 0 Å². The summed E-state index contributed by atoms with van der Waals surface area (Å²) in [5, 5.41) is 12.8. The Bertz CT molecular complexity index is 683. The van der Waals surface area contributed by atoms with Gasteiger partial charge < -0.3 is 15.0 Å². The van der Waals surface area contributed by atoms with Crippen molar-refractivity contribution in [1.29, 1.82) is 0 Å². The Hall–Kier alpha value is -2.30. The smallest absolute Gasteiger partial charge is 0.319 e. The molecule has 5 nitrogen and oxygen atoms in total. The molecule has 5 heteroatoms. The van der Waals surface area contributed by atoms with Gasteiger partial charge in [-0.3, -0.25) is 9.59 Å². The topological polar surface area (TPSA) is 71.3 Å². The first-order valence-corrected chi connectivity index (χ1v) is 6.13. The number of para-hydroxylation sites is 1. The standard InChI is InChI=1S/C14H14N2O3/c1-16-8-10(9-4-2-3-5-11(9)16)15-12(17)14(6-7-14)13(18)19/h2-5,8H,6-7H2,1H3,(H,15,17)(H,18,19). The van der Waals surface area contributed by atoms with E-state index in [4.69, 9.17) is 5.11 Å². The van der Waals surface area contributed by atoms with Gasteiger partial charge in [0.25, 0.3) is 0 Å². The van der Waals surface area contributed by atoms with Gasteiger partial charge in [-0.05, 0) is 18.9 Å². The highest BCUT2D eigenvalue weighted by Gasteiger charge is 2.57. The first-order chi connectivity index (χ1) is 9.04. The summed E-state index contributed by atoms with van der Waals surface area (Å²) in [5.41, 5.74) is 0.449. The van der Waals surface area contributed by atoms with Crippen LogP contribution >= 0.6 is 0 Å². The predicted octanol–water partition coefficient (Wildman–Crippen LogP) is 1.98.